The first-order valence-corrected chi connectivity index (χ1v) is 5.45. The van der Waals surface area contributed by atoms with Crippen LogP contribution in [0.15, 0.2) is 59.6 Å². The molecule has 0 radical (unpaired) electrons. The number of benzene rings is 1. The monoisotopic (exact) mass is 224 g/mol. The molecule has 0 saturated carbocycles. The predicted molar refractivity (Wildman–Crippen MR) is 66.3 cm³/mol. The summed E-state index contributed by atoms with van der Waals surface area (Å²) < 4.78 is 7.40. The van der Waals surface area contributed by atoms with Crippen LogP contribution in [-0.2, 0) is 7.05 Å². The normalized spacial score (nSPS) is 10.6. The number of imidazole rings is 1. The summed E-state index contributed by atoms with van der Waals surface area (Å²) in [6.07, 6.45) is 5.35. The molecule has 1 aromatic carbocycles. The second-order valence-electron chi connectivity index (χ2n) is 3.95. The summed E-state index contributed by atoms with van der Waals surface area (Å²) in [6.45, 7) is 0. The van der Waals surface area contributed by atoms with Crippen molar-refractivity contribution in [2.24, 2.45) is 7.05 Å². The van der Waals surface area contributed by atoms with Crippen LogP contribution in [-0.4, -0.2) is 9.55 Å². The largest absolute Gasteiger partial charge is 0.464 e. The molecule has 0 amide bonds. The van der Waals surface area contributed by atoms with Crippen LogP contribution in [0.2, 0.25) is 0 Å². The zero-order valence-corrected chi connectivity index (χ0v) is 9.50. The van der Waals surface area contributed by atoms with E-state index in [1.165, 1.54) is 0 Å². The number of furan rings is 1. The molecule has 0 unspecified atom stereocenters. The highest BCUT2D eigenvalue weighted by Crippen LogP contribution is 2.25. The van der Waals surface area contributed by atoms with Crippen molar-refractivity contribution in [2.75, 3.05) is 0 Å². The van der Waals surface area contributed by atoms with Gasteiger partial charge in [0, 0.05) is 18.2 Å². The van der Waals surface area contributed by atoms with Crippen LogP contribution in [0.3, 0.4) is 0 Å². The average molecular weight is 224 g/mol. The average Bonchev–Trinajstić information content (AvgIpc) is 2.99. The first-order chi connectivity index (χ1) is 8.34. The maximum atomic E-state index is 5.40. The van der Waals surface area contributed by atoms with Gasteiger partial charge in [-0.05, 0) is 18.2 Å². The lowest BCUT2D eigenvalue weighted by molar-refractivity contribution is 0.582. The first-order valence-electron chi connectivity index (χ1n) is 5.45. The zero-order valence-electron chi connectivity index (χ0n) is 9.50. The van der Waals surface area contributed by atoms with Crippen molar-refractivity contribution in [1.29, 1.82) is 0 Å². The molecule has 0 saturated heterocycles. The van der Waals surface area contributed by atoms with E-state index in [9.17, 15) is 0 Å². The number of aromatic nitrogens is 2. The van der Waals surface area contributed by atoms with Gasteiger partial charge in [-0.2, -0.15) is 0 Å². The highest BCUT2D eigenvalue weighted by atomic mass is 16.3. The molecule has 2 heterocycles. The van der Waals surface area contributed by atoms with Crippen LogP contribution >= 0.6 is 0 Å². The summed E-state index contributed by atoms with van der Waals surface area (Å²) >= 11 is 0. The molecule has 0 N–H and O–H groups in total. The lowest BCUT2D eigenvalue weighted by Crippen LogP contribution is -1.89. The Kier molecular flexibility index (Phi) is 2.29. The summed E-state index contributed by atoms with van der Waals surface area (Å²) in [5.41, 5.74) is 3.31. The third-order valence-electron chi connectivity index (χ3n) is 2.78. The summed E-state index contributed by atoms with van der Waals surface area (Å²) in [5.74, 6) is 0.883. The minimum atomic E-state index is 0.883. The first kappa shape index (κ1) is 9.90. The van der Waals surface area contributed by atoms with Gasteiger partial charge in [0.15, 0.2) is 0 Å². The van der Waals surface area contributed by atoms with E-state index in [-0.39, 0.29) is 0 Å². The van der Waals surface area contributed by atoms with E-state index in [0.717, 1.165) is 22.6 Å². The molecule has 0 fully saturated rings. The Morgan fingerprint density at radius 3 is 2.71 bits per heavy atom. The maximum absolute atomic E-state index is 5.40. The summed E-state index contributed by atoms with van der Waals surface area (Å²) in [6, 6.07) is 12.1. The smallest absolute Gasteiger partial charge is 0.133 e. The van der Waals surface area contributed by atoms with Gasteiger partial charge in [0.05, 0.1) is 24.5 Å². The van der Waals surface area contributed by atoms with Gasteiger partial charge in [0.1, 0.15) is 5.76 Å². The molecule has 0 aliphatic heterocycles. The van der Waals surface area contributed by atoms with Crippen LogP contribution in [0.25, 0.3) is 22.6 Å². The SMILES string of the molecule is Cn1cncc1-c1cccc(-c2ccco2)c1. The second kappa shape index (κ2) is 3.94. The lowest BCUT2D eigenvalue weighted by atomic mass is 10.1. The fourth-order valence-corrected chi connectivity index (χ4v) is 1.91. The Balaban J connectivity index is 2.09. The lowest BCUT2D eigenvalue weighted by Gasteiger charge is -2.04. The van der Waals surface area contributed by atoms with Gasteiger partial charge in [-0.3, -0.25) is 0 Å². The molecular formula is C14H12N2O. The molecule has 0 spiro atoms. The molecule has 0 bridgehead atoms. The van der Waals surface area contributed by atoms with Crippen molar-refractivity contribution in [3.05, 3.63) is 55.2 Å². The van der Waals surface area contributed by atoms with E-state index >= 15 is 0 Å². The van der Waals surface area contributed by atoms with E-state index in [1.807, 2.05) is 42.1 Å². The van der Waals surface area contributed by atoms with Crippen LogP contribution in [0.4, 0.5) is 0 Å². The number of hydrogen-bond donors (Lipinski definition) is 0. The van der Waals surface area contributed by atoms with Crippen molar-refractivity contribution in [3.63, 3.8) is 0 Å². The van der Waals surface area contributed by atoms with Crippen molar-refractivity contribution < 1.29 is 4.42 Å². The van der Waals surface area contributed by atoms with E-state index < -0.39 is 0 Å². The van der Waals surface area contributed by atoms with E-state index in [0.29, 0.717) is 0 Å². The summed E-state index contributed by atoms with van der Waals surface area (Å²) in [4.78, 5) is 4.13. The molecule has 84 valence electrons. The topological polar surface area (TPSA) is 31.0 Å². The van der Waals surface area contributed by atoms with Gasteiger partial charge < -0.3 is 8.98 Å². The standard InChI is InChI=1S/C14H12N2O/c1-16-10-15-9-13(16)11-4-2-5-12(8-11)14-6-3-7-17-14/h2-10H,1H3. The van der Waals surface area contributed by atoms with Crippen LogP contribution < -0.4 is 0 Å². The van der Waals surface area contributed by atoms with E-state index in [1.54, 1.807) is 12.6 Å². The Morgan fingerprint density at radius 1 is 1.12 bits per heavy atom. The molecule has 3 nitrogen and oxygen atoms in total. The van der Waals surface area contributed by atoms with E-state index in [4.69, 9.17) is 4.42 Å². The fourth-order valence-electron chi connectivity index (χ4n) is 1.91. The summed E-state index contributed by atoms with van der Waals surface area (Å²) in [5, 5.41) is 0. The number of rotatable bonds is 2. The minimum absolute atomic E-state index is 0.883. The highest BCUT2D eigenvalue weighted by Gasteiger charge is 2.05. The van der Waals surface area contributed by atoms with Gasteiger partial charge in [0.2, 0.25) is 0 Å². The molecule has 3 heteroatoms. The predicted octanol–water partition coefficient (Wildman–Crippen LogP) is 3.35. The summed E-state index contributed by atoms with van der Waals surface area (Å²) in [7, 11) is 1.99. The minimum Gasteiger partial charge on any atom is -0.464 e. The molecular weight excluding hydrogens is 212 g/mol. The molecule has 2 aromatic heterocycles. The molecule has 3 aromatic rings. The van der Waals surface area contributed by atoms with Crippen LogP contribution in [0.1, 0.15) is 0 Å². The number of aryl methyl sites for hydroxylation is 1. The van der Waals surface area contributed by atoms with Crippen molar-refractivity contribution >= 4 is 0 Å². The molecule has 17 heavy (non-hydrogen) atoms. The van der Waals surface area contributed by atoms with Crippen molar-refractivity contribution in [3.8, 4) is 22.6 Å². The zero-order chi connectivity index (χ0) is 11.7. The highest BCUT2D eigenvalue weighted by molar-refractivity contribution is 5.68. The third-order valence-corrected chi connectivity index (χ3v) is 2.78. The Hall–Kier alpha value is -2.29. The van der Waals surface area contributed by atoms with Gasteiger partial charge in [0.25, 0.3) is 0 Å². The van der Waals surface area contributed by atoms with Gasteiger partial charge in [-0.1, -0.05) is 18.2 Å². The third kappa shape index (κ3) is 1.76. The maximum Gasteiger partial charge on any atom is 0.133 e. The van der Waals surface area contributed by atoms with Crippen molar-refractivity contribution in [2.45, 2.75) is 0 Å². The fraction of sp³-hybridized carbons (Fsp3) is 0.0714. The van der Waals surface area contributed by atoms with Gasteiger partial charge >= 0.3 is 0 Å². The van der Waals surface area contributed by atoms with Crippen molar-refractivity contribution in [1.82, 2.24) is 9.55 Å². The van der Waals surface area contributed by atoms with E-state index in [2.05, 4.69) is 17.1 Å². The molecule has 0 aliphatic carbocycles. The number of nitrogens with zero attached hydrogens (tertiary/aromatic N) is 2. The quantitative estimate of drug-likeness (QED) is 0.668. The van der Waals surface area contributed by atoms with Crippen LogP contribution in [0, 0.1) is 0 Å². The Morgan fingerprint density at radius 2 is 2.00 bits per heavy atom. The molecule has 0 atom stereocenters. The molecule has 0 aliphatic rings. The van der Waals surface area contributed by atoms with Gasteiger partial charge in [-0.25, -0.2) is 4.98 Å². The second-order valence-corrected chi connectivity index (χ2v) is 3.95. The van der Waals surface area contributed by atoms with Gasteiger partial charge in [-0.15, -0.1) is 0 Å². The molecule has 3 rings (SSSR count). The Bertz CT molecular complexity index is 623. The Labute approximate surface area is 99.3 Å². The van der Waals surface area contributed by atoms with Crippen LogP contribution in [0.5, 0.6) is 0 Å². The number of hydrogen-bond acceptors (Lipinski definition) is 2.